The Morgan fingerprint density at radius 2 is 1.84 bits per heavy atom. The summed E-state index contributed by atoms with van der Waals surface area (Å²) in [5.41, 5.74) is 1.26. The zero-order valence-electron chi connectivity index (χ0n) is 11.9. The highest BCUT2D eigenvalue weighted by atomic mass is 16.5. The van der Waals surface area contributed by atoms with Crippen LogP contribution in [0.15, 0.2) is 24.3 Å². The quantitative estimate of drug-likeness (QED) is 0.767. The molecule has 3 nitrogen and oxygen atoms in total. The minimum absolute atomic E-state index is 0.731. The van der Waals surface area contributed by atoms with Crippen molar-refractivity contribution in [2.45, 2.75) is 26.2 Å². The second kappa shape index (κ2) is 8.18. The molecule has 0 unspecified atom stereocenters. The number of nitrogens with one attached hydrogen (secondary N) is 1. The van der Waals surface area contributed by atoms with Gasteiger partial charge in [-0.15, -0.1) is 0 Å². The van der Waals surface area contributed by atoms with Gasteiger partial charge in [0.1, 0.15) is 5.75 Å². The minimum atomic E-state index is 0.731. The Balaban J connectivity index is 1.49. The molecule has 2 rings (SSSR count). The van der Waals surface area contributed by atoms with Gasteiger partial charge in [0.25, 0.3) is 0 Å². The van der Waals surface area contributed by atoms with Gasteiger partial charge in [-0.1, -0.05) is 17.7 Å². The van der Waals surface area contributed by atoms with Crippen LogP contribution < -0.4 is 10.1 Å². The van der Waals surface area contributed by atoms with E-state index in [4.69, 9.17) is 9.47 Å². The molecule has 0 atom stereocenters. The molecule has 1 N–H and O–H groups in total. The highest BCUT2D eigenvalue weighted by molar-refractivity contribution is 5.26. The van der Waals surface area contributed by atoms with Gasteiger partial charge in [-0.3, -0.25) is 0 Å². The lowest BCUT2D eigenvalue weighted by atomic mass is 9.99. The fourth-order valence-electron chi connectivity index (χ4n) is 2.28. The summed E-state index contributed by atoms with van der Waals surface area (Å²) in [5, 5.41) is 3.37. The van der Waals surface area contributed by atoms with E-state index in [-0.39, 0.29) is 0 Å². The predicted molar refractivity (Wildman–Crippen MR) is 77.7 cm³/mol. The molecule has 0 saturated carbocycles. The number of ether oxygens (including phenoxy) is 2. The van der Waals surface area contributed by atoms with Crippen molar-refractivity contribution in [3.05, 3.63) is 29.8 Å². The standard InChI is InChI=1S/C16H25NO2/c1-14-3-5-16(6-4-14)19-12-2-11-18-13-15-7-9-17-10-8-15/h3-6,15,17H,2,7-13H2,1H3. The van der Waals surface area contributed by atoms with Crippen molar-refractivity contribution in [1.82, 2.24) is 5.32 Å². The van der Waals surface area contributed by atoms with Crippen LogP contribution in [0.3, 0.4) is 0 Å². The molecule has 106 valence electrons. The maximum absolute atomic E-state index is 5.72. The molecule has 1 aromatic rings. The van der Waals surface area contributed by atoms with Crippen LogP contribution in [0, 0.1) is 12.8 Å². The molecular formula is C16H25NO2. The molecule has 0 radical (unpaired) electrons. The van der Waals surface area contributed by atoms with E-state index in [1.54, 1.807) is 0 Å². The number of aryl methyl sites for hydroxylation is 1. The Bertz CT molecular complexity index is 344. The van der Waals surface area contributed by atoms with Crippen molar-refractivity contribution >= 4 is 0 Å². The van der Waals surface area contributed by atoms with Crippen molar-refractivity contribution in [1.29, 1.82) is 0 Å². The van der Waals surface area contributed by atoms with Crippen LogP contribution in [-0.2, 0) is 4.74 Å². The lowest BCUT2D eigenvalue weighted by molar-refractivity contribution is 0.0789. The number of rotatable bonds is 7. The second-order valence-electron chi connectivity index (χ2n) is 5.28. The monoisotopic (exact) mass is 263 g/mol. The first kappa shape index (κ1) is 14.4. The van der Waals surface area contributed by atoms with Crippen molar-refractivity contribution in [2.75, 3.05) is 32.9 Å². The van der Waals surface area contributed by atoms with Crippen molar-refractivity contribution < 1.29 is 9.47 Å². The molecule has 1 aromatic carbocycles. The number of benzene rings is 1. The summed E-state index contributed by atoms with van der Waals surface area (Å²) in [6.07, 6.45) is 3.46. The summed E-state index contributed by atoms with van der Waals surface area (Å²) in [5.74, 6) is 1.70. The smallest absolute Gasteiger partial charge is 0.119 e. The van der Waals surface area contributed by atoms with Gasteiger partial charge in [0.15, 0.2) is 0 Å². The first-order valence-corrected chi connectivity index (χ1v) is 7.32. The van der Waals surface area contributed by atoms with Gasteiger partial charge in [0, 0.05) is 19.6 Å². The van der Waals surface area contributed by atoms with Gasteiger partial charge in [0.05, 0.1) is 6.61 Å². The summed E-state index contributed by atoms with van der Waals surface area (Å²) in [6, 6.07) is 8.18. The number of piperidine rings is 1. The first-order valence-electron chi connectivity index (χ1n) is 7.32. The molecule has 0 aliphatic carbocycles. The molecule has 0 amide bonds. The third-order valence-electron chi connectivity index (χ3n) is 3.54. The van der Waals surface area contributed by atoms with Gasteiger partial charge in [0.2, 0.25) is 0 Å². The Labute approximate surface area is 116 Å². The van der Waals surface area contributed by atoms with E-state index < -0.39 is 0 Å². The fraction of sp³-hybridized carbons (Fsp3) is 0.625. The van der Waals surface area contributed by atoms with Crippen molar-refractivity contribution in [3.8, 4) is 5.75 Å². The van der Waals surface area contributed by atoms with Crippen LogP contribution in [0.2, 0.25) is 0 Å². The molecule has 19 heavy (non-hydrogen) atoms. The topological polar surface area (TPSA) is 30.5 Å². The first-order chi connectivity index (χ1) is 9.34. The second-order valence-corrected chi connectivity index (χ2v) is 5.28. The van der Waals surface area contributed by atoms with Gasteiger partial charge in [-0.25, -0.2) is 0 Å². The molecule has 1 heterocycles. The summed E-state index contributed by atoms with van der Waals surface area (Å²) in [6.45, 7) is 6.81. The average Bonchev–Trinajstić information content (AvgIpc) is 2.46. The molecule has 1 aliphatic rings. The van der Waals surface area contributed by atoms with E-state index >= 15 is 0 Å². The van der Waals surface area contributed by atoms with E-state index in [0.717, 1.165) is 51.0 Å². The van der Waals surface area contributed by atoms with Crippen LogP contribution in [0.1, 0.15) is 24.8 Å². The predicted octanol–water partition coefficient (Wildman–Crippen LogP) is 2.78. The summed E-state index contributed by atoms with van der Waals surface area (Å²) in [7, 11) is 0. The molecule has 1 saturated heterocycles. The summed E-state index contributed by atoms with van der Waals surface area (Å²) in [4.78, 5) is 0. The van der Waals surface area contributed by atoms with Crippen LogP contribution >= 0.6 is 0 Å². The third-order valence-corrected chi connectivity index (χ3v) is 3.54. The zero-order chi connectivity index (χ0) is 13.3. The Morgan fingerprint density at radius 3 is 2.58 bits per heavy atom. The van der Waals surface area contributed by atoms with Gasteiger partial charge < -0.3 is 14.8 Å². The van der Waals surface area contributed by atoms with E-state index in [2.05, 4.69) is 24.4 Å². The summed E-state index contributed by atoms with van der Waals surface area (Å²) < 4.78 is 11.4. The van der Waals surface area contributed by atoms with E-state index in [1.165, 1.54) is 18.4 Å². The van der Waals surface area contributed by atoms with Crippen LogP contribution in [0.5, 0.6) is 5.75 Å². The molecule has 1 aliphatic heterocycles. The van der Waals surface area contributed by atoms with E-state index in [9.17, 15) is 0 Å². The van der Waals surface area contributed by atoms with Crippen molar-refractivity contribution in [3.63, 3.8) is 0 Å². The maximum Gasteiger partial charge on any atom is 0.119 e. The van der Waals surface area contributed by atoms with E-state index in [1.807, 2.05) is 12.1 Å². The Hall–Kier alpha value is -1.06. The molecule has 1 fully saturated rings. The average molecular weight is 263 g/mol. The number of hydrogen-bond acceptors (Lipinski definition) is 3. The van der Waals surface area contributed by atoms with Gasteiger partial charge in [-0.05, 0) is 50.9 Å². The Morgan fingerprint density at radius 1 is 1.11 bits per heavy atom. The van der Waals surface area contributed by atoms with Crippen LogP contribution in [0.25, 0.3) is 0 Å². The normalized spacial score (nSPS) is 16.5. The number of hydrogen-bond donors (Lipinski definition) is 1. The molecule has 0 aromatic heterocycles. The molecule has 0 spiro atoms. The van der Waals surface area contributed by atoms with E-state index in [0.29, 0.717) is 0 Å². The minimum Gasteiger partial charge on any atom is -0.494 e. The van der Waals surface area contributed by atoms with Gasteiger partial charge >= 0.3 is 0 Å². The molecule has 3 heteroatoms. The zero-order valence-corrected chi connectivity index (χ0v) is 11.9. The molecular weight excluding hydrogens is 238 g/mol. The lowest BCUT2D eigenvalue weighted by Gasteiger charge is -2.22. The summed E-state index contributed by atoms with van der Waals surface area (Å²) >= 11 is 0. The maximum atomic E-state index is 5.72. The van der Waals surface area contributed by atoms with Gasteiger partial charge in [-0.2, -0.15) is 0 Å². The lowest BCUT2D eigenvalue weighted by Crippen LogP contribution is -2.30. The van der Waals surface area contributed by atoms with Crippen molar-refractivity contribution in [2.24, 2.45) is 5.92 Å². The van der Waals surface area contributed by atoms with Crippen LogP contribution in [-0.4, -0.2) is 32.9 Å². The largest absolute Gasteiger partial charge is 0.494 e. The fourth-order valence-corrected chi connectivity index (χ4v) is 2.28. The van der Waals surface area contributed by atoms with Crippen LogP contribution in [0.4, 0.5) is 0 Å². The highest BCUT2D eigenvalue weighted by Gasteiger charge is 2.12. The SMILES string of the molecule is Cc1ccc(OCCCOCC2CCNCC2)cc1. The molecule has 0 bridgehead atoms. The Kier molecular flexibility index (Phi) is 6.18. The third kappa shape index (κ3) is 5.62. The highest BCUT2D eigenvalue weighted by Crippen LogP contribution is 2.13.